The molecule has 15 heavy (non-hydrogen) atoms. The smallest absolute Gasteiger partial charge is 0.168 e. The van der Waals surface area contributed by atoms with Gasteiger partial charge < -0.3 is 10.5 Å². The summed E-state index contributed by atoms with van der Waals surface area (Å²) in [6, 6.07) is 3.49. The van der Waals surface area contributed by atoms with Gasteiger partial charge in [0.1, 0.15) is 0 Å². The summed E-state index contributed by atoms with van der Waals surface area (Å²) in [7, 11) is 1.47. The Labute approximate surface area is 90.2 Å². The van der Waals surface area contributed by atoms with E-state index < -0.39 is 5.54 Å². The van der Waals surface area contributed by atoms with Crippen LogP contribution < -0.4 is 10.5 Å². The topological polar surface area (TPSA) is 35.2 Å². The van der Waals surface area contributed by atoms with Gasteiger partial charge in [-0.1, -0.05) is 6.07 Å². The summed E-state index contributed by atoms with van der Waals surface area (Å²) in [6.45, 7) is 5.66. The molecule has 3 heteroatoms. The molecule has 0 saturated carbocycles. The highest BCUT2D eigenvalue weighted by Gasteiger charge is 2.17. The van der Waals surface area contributed by atoms with E-state index in [9.17, 15) is 4.39 Å². The molecule has 0 atom stereocenters. The average molecular weight is 211 g/mol. The summed E-state index contributed by atoms with van der Waals surface area (Å²) in [5, 5.41) is 0. The second-order valence-electron chi connectivity index (χ2n) is 4.61. The SMILES string of the molecule is COc1cc(C)cc(CC(C)(C)N)c1F. The van der Waals surface area contributed by atoms with Crippen LogP contribution >= 0.6 is 0 Å². The minimum absolute atomic E-state index is 0.286. The molecule has 0 amide bonds. The lowest BCUT2D eigenvalue weighted by molar-refractivity contribution is 0.380. The Hall–Kier alpha value is -1.09. The van der Waals surface area contributed by atoms with Gasteiger partial charge in [0.05, 0.1) is 7.11 Å². The summed E-state index contributed by atoms with van der Waals surface area (Å²) in [5.41, 5.74) is 7.04. The Morgan fingerprint density at radius 1 is 1.40 bits per heavy atom. The summed E-state index contributed by atoms with van der Waals surface area (Å²) in [6.07, 6.45) is 0.497. The summed E-state index contributed by atoms with van der Waals surface area (Å²) in [5.74, 6) is -0.0177. The second-order valence-corrected chi connectivity index (χ2v) is 4.61. The van der Waals surface area contributed by atoms with E-state index in [4.69, 9.17) is 10.5 Å². The number of benzene rings is 1. The van der Waals surface area contributed by atoms with Crippen molar-refractivity contribution >= 4 is 0 Å². The van der Waals surface area contributed by atoms with Crippen LogP contribution in [-0.4, -0.2) is 12.6 Å². The largest absolute Gasteiger partial charge is 0.494 e. The van der Waals surface area contributed by atoms with Crippen molar-refractivity contribution in [2.24, 2.45) is 5.73 Å². The molecule has 84 valence electrons. The van der Waals surface area contributed by atoms with Gasteiger partial charge in [-0.15, -0.1) is 0 Å². The molecule has 0 aliphatic heterocycles. The number of nitrogens with two attached hydrogens (primary N) is 1. The quantitative estimate of drug-likeness (QED) is 0.833. The van der Waals surface area contributed by atoms with Crippen LogP contribution in [0.5, 0.6) is 5.75 Å². The van der Waals surface area contributed by atoms with E-state index in [2.05, 4.69) is 0 Å². The van der Waals surface area contributed by atoms with Crippen LogP contribution in [-0.2, 0) is 6.42 Å². The monoisotopic (exact) mass is 211 g/mol. The van der Waals surface area contributed by atoms with E-state index in [-0.39, 0.29) is 11.6 Å². The molecule has 0 saturated heterocycles. The Morgan fingerprint density at radius 3 is 2.47 bits per heavy atom. The summed E-state index contributed by atoms with van der Waals surface area (Å²) >= 11 is 0. The number of hydrogen-bond acceptors (Lipinski definition) is 2. The maximum atomic E-state index is 13.8. The van der Waals surface area contributed by atoms with E-state index in [1.165, 1.54) is 7.11 Å². The first kappa shape index (κ1) is 12.0. The second kappa shape index (κ2) is 4.19. The molecule has 1 aromatic rings. The van der Waals surface area contributed by atoms with Gasteiger partial charge in [-0.25, -0.2) is 4.39 Å². The first-order valence-electron chi connectivity index (χ1n) is 4.95. The number of aryl methyl sites for hydroxylation is 1. The van der Waals surface area contributed by atoms with Gasteiger partial charge in [0.25, 0.3) is 0 Å². The number of ether oxygens (including phenoxy) is 1. The van der Waals surface area contributed by atoms with E-state index >= 15 is 0 Å². The number of halogens is 1. The molecule has 0 unspecified atom stereocenters. The van der Waals surface area contributed by atoms with Gasteiger partial charge in [-0.3, -0.25) is 0 Å². The van der Waals surface area contributed by atoms with Crippen LogP contribution in [0.4, 0.5) is 4.39 Å². The van der Waals surface area contributed by atoms with Gasteiger partial charge in [-0.05, 0) is 44.4 Å². The third-order valence-electron chi connectivity index (χ3n) is 2.12. The molecule has 1 rings (SSSR count). The van der Waals surface area contributed by atoms with Crippen LogP contribution in [0.2, 0.25) is 0 Å². The van der Waals surface area contributed by atoms with Gasteiger partial charge in [-0.2, -0.15) is 0 Å². The fraction of sp³-hybridized carbons (Fsp3) is 0.500. The zero-order valence-corrected chi connectivity index (χ0v) is 9.73. The van der Waals surface area contributed by atoms with Crippen molar-refractivity contribution in [3.05, 3.63) is 29.1 Å². The highest BCUT2D eigenvalue weighted by molar-refractivity contribution is 5.36. The zero-order valence-electron chi connectivity index (χ0n) is 9.73. The van der Waals surface area contributed by atoms with E-state index in [1.807, 2.05) is 26.8 Å². The first-order valence-corrected chi connectivity index (χ1v) is 4.95. The fourth-order valence-electron chi connectivity index (χ4n) is 1.58. The van der Waals surface area contributed by atoms with Crippen LogP contribution in [0.25, 0.3) is 0 Å². The van der Waals surface area contributed by atoms with Crippen LogP contribution in [0.1, 0.15) is 25.0 Å². The Bertz CT molecular complexity index is 355. The van der Waals surface area contributed by atoms with Crippen molar-refractivity contribution in [1.29, 1.82) is 0 Å². The van der Waals surface area contributed by atoms with Crippen molar-refractivity contribution < 1.29 is 9.13 Å². The molecule has 0 heterocycles. The normalized spacial score (nSPS) is 11.6. The Kier molecular flexibility index (Phi) is 3.35. The lowest BCUT2D eigenvalue weighted by Gasteiger charge is -2.19. The number of hydrogen-bond donors (Lipinski definition) is 1. The minimum Gasteiger partial charge on any atom is -0.494 e. The van der Waals surface area contributed by atoms with E-state index in [1.54, 1.807) is 6.07 Å². The molecule has 0 radical (unpaired) electrons. The molecule has 2 nitrogen and oxygen atoms in total. The van der Waals surface area contributed by atoms with E-state index in [0.29, 0.717) is 12.0 Å². The van der Waals surface area contributed by atoms with Crippen LogP contribution in [0.3, 0.4) is 0 Å². The molecule has 0 aromatic heterocycles. The van der Waals surface area contributed by atoms with Gasteiger partial charge in [0, 0.05) is 5.54 Å². The lowest BCUT2D eigenvalue weighted by Crippen LogP contribution is -2.34. The van der Waals surface area contributed by atoms with Gasteiger partial charge >= 0.3 is 0 Å². The summed E-state index contributed by atoms with van der Waals surface area (Å²) in [4.78, 5) is 0. The van der Waals surface area contributed by atoms with Gasteiger partial charge in [0.15, 0.2) is 11.6 Å². The molecule has 2 N–H and O–H groups in total. The van der Waals surface area contributed by atoms with Crippen LogP contribution in [0.15, 0.2) is 12.1 Å². The fourth-order valence-corrected chi connectivity index (χ4v) is 1.58. The average Bonchev–Trinajstić information content (AvgIpc) is 2.08. The van der Waals surface area contributed by atoms with Gasteiger partial charge in [0.2, 0.25) is 0 Å². The van der Waals surface area contributed by atoms with Crippen molar-refractivity contribution in [3.8, 4) is 5.75 Å². The summed E-state index contributed by atoms with van der Waals surface area (Å²) < 4.78 is 18.8. The molecule has 1 aromatic carbocycles. The molecular weight excluding hydrogens is 193 g/mol. The zero-order chi connectivity index (χ0) is 11.6. The Morgan fingerprint density at radius 2 is 2.00 bits per heavy atom. The third kappa shape index (κ3) is 3.20. The number of methoxy groups -OCH3 is 1. The molecule has 0 bridgehead atoms. The van der Waals surface area contributed by atoms with E-state index in [0.717, 1.165) is 5.56 Å². The highest BCUT2D eigenvalue weighted by atomic mass is 19.1. The van der Waals surface area contributed by atoms with Crippen molar-refractivity contribution in [2.45, 2.75) is 32.7 Å². The van der Waals surface area contributed by atoms with Crippen molar-refractivity contribution in [3.63, 3.8) is 0 Å². The molecule has 0 aliphatic carbocycles. The molecular formula is C12H18FNO. The maximum Gasteiger partial charge on any atom is 0.168 e. The Balaban J connectivity index is 3.12. The maximum absolute atomic E-state index is 13.8. The molecule has 0 spiro atoms. The predicted molar refractivity (Wildman–Crippen MR) is 59.7 cm³/mol. The minimum atomic E-state index is -0.417. The molecule has 0 fully saturated rings. The lowest BCUT2D eigenvalue weighted by atomic mass is 9.94. The standard InChI is InChI=1S/C12H18FNO/c1-8-5-9(7-12(2,3)14)11(13)10(6-8)15-4/h5-6H,7,14H2,1-4H3. The van der Waals surface area contributed by atoms with Crippen molar-refractivity contribution in [2.75, 3.05) is 7.11 Å². The number of rotatable bonds is 3. The molecule has 0 aliphatic rings. The van der Waals surface area contributed by atoms with Crippen molar-refractivity contribution in [1.82, 2.24) is 0 Å². The van der Waals surface area contributed by atoms with Crippen LogP contribution in [0, 0.1) is 12.7 Å². The third-order valence-corrected chi connectivity index (χ3v) is 2.12. The first-order chi connectivity index (χ1) is 6.83. The highest BCUT2D eigenvalue weighted by Crippen LogP contribution is 2.24. The predicted octanol–water partition coefficient (Wildman–Crippen LogP) is 2.42.